The molecule has 0 unspecified atom stereocenters. The third-order valence-electron chi connectivity index (χ3n) is 3.93. The number of para-hydroxylation sites is 2. The van der Waals surface area contributed by atoms with E-state index in [9.17, 15) is 4.79 Å². The van der Waals surface area contributed by atoms with Gasteiger partial charge in [0.2, 0.25) is 5.91 Å². The quantitative estimate of drug-likeness (QED) is 0.467. The number of hydrogen-bond donors (Lipinski definition) is 0. The summed E-state index contributed by atoms with van der Waals surface area (Å²) in [4.78, 5) is 23.4. The summed E-state index contributed by atoms with van der Waals surface area (Å²) in [6.45, 7) is 0.555. The van der Waals surface area contributed by atoms with Crippen molar-refractivity contribution >= 4 is 60.8 Å². The Kier molecular flexibility index (Phi) is 5.19. The zero-order valence-corrected chi connectivity index (χ0v) is 16.7. The molecule has 0 aliphatic heterocycles. The standard InChI is InChI=1S/C19H17N3OS3/c1-22(10-17-20-13-6-2-4-8-15(13)25-17)19(23)12-24-11-18-21-14-7-3-5-9-16(14)26-18/h2-9H,10-12H2,1H3. The largest absolute Gasteiger partial charge is 0.338 e. The first-order chi connectivity index (χ1) is 12.7. The monoisotopic (exact) mass is 399 g/mol. The molecule has 4 nitrogen and oxygen atoms in total. The molecule has 4 aromatic rings. The van der Waals surface area contributed by atoms with E-state index in [-0.39, 0.29) is 5.91 Å². The van der Waals surface area contributed by atoms with Crippen molar-refractivity contribution in [2.75, 3.05) is 12.8 Å². The van der Waals surface area contributed by atoms with Crippen LogP contribution in [0.1, 0.15) is 10.0 Å². The van der Waals surface area contributed by atoms with E-state index in [2.05, 4.69) is 22.1 Å². The van der Waals surface area contributed by atoms with E-state index in [1.807, 2.05) is 43.4 Å². The molecule has 0 bridgehead atoms. The molecule has 1 amide bonds. The van der Waals surface area contributed by atoms with Gasteiger partial charge in [-0.1, -0.05) is 24.3 Å². The van der Waals surface area contributed by atoms with Gasteiger partial charge in [-0.25, -0.2) is 9.97 Å². The molecule has 7 heteroatoms. The third-order valence-corrected chi connectivity index (χ3v) is 7.09. The number of benzene rings is 2. The van der Waals surface area contributed by atoms with E-state index in [4.69, 9.17) is 0 Å². The van der Waals surface area contributed by atoms with Crippen LogP contribution in [0, 0.1) is 0 Å². The van der Waals surface area contributed by atoms with Gasteiger partial charge in [-0.2, -0.15) is 0 Å². The maximum absolute atomic E-state index is 12.4. The Bertz CT molecular complexity index is 990. The maximum atomic E-state index is 12.4. The van der Waals surface area contributed by atoms with Gasteiger partial charge in [-0.3, -0.25) is 4.79 Å². The fourth-order valence-electron chi connectivity index (χ4n) is 2.60. The number of amides is 1. The average Bonchev–Trinajstić information content (AvgIpc) is 3.24. The van der Waals surface area contributed by atoms with Gasteiger partial charge in [0.25, 0.3) is 0 Å². The number of fused-ring (bicyclic) bond motifs is 2. The smallest absolute Gasteiger partial charge is 0.232 e. The lowest BCUT2D eigenvalue weighted by atomic mass is 10.3. The number of thioether (sulfide) groups is 1. The minimum absolute atomic E-state index is 0.121. The summed E-state index contributed by atoms with van der Waals surface area (Å²) in [6, 6.07) is 16.2. The van der Waals surface area contributed by atoms with E-state index >= 15 is 0 Å². The van der Waals surface area contributed by atoms with Crippen molar-refractivity contribution in [2.45, 2.75) is 12.3 Å². The maximum Gasteiger partial charge on any atom is 0.232 e. The van der Waals surface area contributed by atoms with Crippen molar-refractivity contribution in [1.29, 1.82) is 0 Å². The van der Waals surface area contributed by atoms with Gasteiger partial charge >= 0.3 is 0 Å². The first kappa shape index (κ1) is 17.5. The topological polar surface area (TPSA) is 46.1 Å². The van der Waals surface area contributed by atoms with Gasteiger partial charge in [-0.15, -0.1) is 34.4 Å². The second-order valence-electron chi connectivity index (χ2n) is 5.89. The molecule has 0 spiro atoms. The molecule has 26 heavy (non-hydrogen) atoms. The molecule has 132 valence electrons. The lowest BCUT2D eigenvalue weighted by molar-refractivity contribution is -0.127. The van der Waals surface area contributed by atoms with Crippen LogP contribution in [0.5, 0.6) is 0 Å². The zero-order chi connectivity index (χ0) is 17.9. The van der Waals surface area contributed by atoms with Crippen LogP contribution in [-0.4, -0.2) is 33.6 Å². The number of nitrogens with zero attached hydrogens (tertiary/aromatic N) is 3. The highest BCUT2D eigenvalue weighted by Crippen LogP contribution is 2.25. The molecule has 4 rings (SSSR count). The Labute approximate surface area is 163 Å². The summed E-state index contributed by atoms with van der Waals surface area (Å²) in [5.41, 5.74) is 2.03. The second kappa shape index (κ2) is 7.73. The molecular weight excluding hydrogens is 382 g/mol. The van der Waals surface area contributed by atoms with Crippen molar-refractivity contribution in [3.05, 3.63) is 58.5 Å². The van der Waals surface area contributed by atoms with Crippen LogP contribution in [0.4, 0.5) is 0 Å². The Morgan fingerprint density at radius 1 is 0.962 bits per heavy atom. The summed E-state index contributed by atoms with van der Waals surface area (Å²) in [7, 11) is 1.84. The number of thiazole rings is 2. The predicted octanol–water partition coefficient (Wildman–Crippen LogP) is 4.80. The molecule has 0 fully saturated rings. The molecule has 0 N–H and O–H groups in total. The van der Waals surface area contributed by atoms with Gasteiger partial charge in [0.15, 0.2) is 0 Å². The van der Waals surface area contributed by atoms with Crippen LogP contribution in [0.3, 0.4) is 0 Å². The van der Waals surface area contributed by atoms with Crippen LogP contribution in [-0.2, 0) is 17.1 Å². The Morgan fingerprint density at radius 3 is 2.19 bits per heavy atom. The zero-order valence-electron chi connectivity index (χ0n) is 14.2. The van der Waals surface area contributed by atoms with Crippen molar-refractivity contribution in [3.8, 4) is 0 Å². The van der Waals surface area contributed by atoms with Gasteiger partial charge in [0.05, 0.1) is 32.7 Å². The summed E-state index contributed by atoms with van der Waals surface area (Å²) < 4.78 is 2.36. The van der Waals surface area contributed by atoms with E-state index < -0.39 is 0 Å². The lowest BCUT2D eigenvalue weighted by Gasteiger charge is -2.15. The molecule has 2 aromatic carbocycles. The highest BCUT2D eigenvalue weighted by atomic mass is 32.2. The lowest BCUT2D eigenvalue weighted by Crippen LogP contribution is -2.27. The van der Waals surface area contributed by atoms with E-state index in [1.54, 1.807) is 39.3 Å². The minimum atomic E-state index is 0.121. The van der Waals surface area contributed by atoms with Gasteiger partial charge in [0, 0.05) is 12.8 Å². The number of carbonyl (C=O) groups excluding carboxylic acids is 1. The molecule has 2 heterocycles. The first-order valence-corrected chi connectivity index (χ1v) is 11.0. The van der Waals surface area contributed by atoms with E-state index in [1.165, 1.54) is 4.70 Å². The summed E-state index contributed by atoms with van der Waals surface area (Å²) >= 11 is 4.96. The number of aromatic nitrogens is 2. The Hall–Kier alpha value is -1.96. The molecule has 0 aliphatic rings. The van der Waals surface area contributed by atoms with Crippen LogP contribution < -0.4 is 0 Å². The van der Waals surface area contributed by atoms with Crippen molar-refractivity contribution in [1.82, 2.24) is 14.9 Å². The molecule has 0 radical (unpaired) electrons. The van der Waals surface area contributed by atoms with Crippen LogP contribution in [0.15, 0.2) is 48.5 Å². The summed E-state index contributed by atoms with van der Waals surface area (Å²) in [5.74, 6) is 1.34. The highest BCUT2D eigenvalue weighted by Gasteiger charge is 2.13. The first-order valence-electron chi connectivity index (χ1n) is 8.19. The van der Waals surface area contributed by atoms with E-state index in [0.717, 1.165) is 31.5 Å². The van der Waals surface area contributed by atoms with Crippen molar-refractivity contribution in [3.63, 3.8) is 0 Å². The fourth-order valence-corrected chi connectivity index (χ4v) is 5.60. The Balaban J connectivity index is 1.31. The average molecular weight is 400 g/mol. The predicted molar refractivity (Wildman–Crippen MR) is 112 cm³/mol. The van der Waals surface area contributed by atoms with Crippen LogP contribution in [0.2, 0.25) is 0 Å². The minimum Gasteiger partial charge on any atom is -0.338 e. The molecule has 0 aliphatic carbocycles. The summed E-state index contributed by atoms with van der Waals surface area (Å²) in [5, 5.41) is 2.04. The SMILES string of the molecule is CN(Cc1nc2ccccc2s1)C(=O)CSCc1nc2ccccc2s1. The number of rotatable bonds is 6. The van der Waals surface area contributed by atoms with E-state index in [0.29, 0.717) is 12.3 Å². The number of hydrogen-bond acceptors (Lipinski definition) is 6. The summed E-state index contributed by atoms with van der Waals surface area (Å²) in [6.07, 6.45) is 0. The van der Waals surface area contributed by atoms with Gasteiger partial charge in [0.1, 0.15) is 10.0 Å². The van der Waals surface area contributed by atoms with Gasteiger partial charge in [-0.05, 0) is 24.3 Å². The van der Waals surface area contributed by atoms with Gasteiger partial charge < -0.3 is 4.90 Å². The fraction of sp³-hybridized carbons (Fsp3) is 0.211. The highest BCUT2D eigenvalue weighted by molar-refractivity contribution is 7.99. The molecule has 0 saturated heterocycles. The van der Waals surface area contributed by atoms with Crippen LogP contribution >= 0.6 is 34.4 Å². The number of carbonyl (C=O) groups is 1. The molecular formula is C19H17N3OS3. The molecule has 0 saturated carbocycles. The Morgan fingerprint density at radius 2 is 1.54 bits per heavy atom. The van der Waals surface area contributed by atoms with Crippen molar-refractivity contribution in [2.24, 2.45) is 0 Å². The molecule has 0 atom stereocenters. The molecule has 2 aromatic heterocycles. The van der Waals surface area contributed by atoms with Crippen LogP contribution in [0.25, 0.3) is 20.4 Å². The normalized spacial score (nSPS) is 11.3. The third kappa shape index (κ3) is 3.90. The van der Waals surface area contributed by atoms with Crippen molar-refractivity contribution < 1.29 is 4.79 Å². The second-order valence-corrected chi connectivity index (χ2v) is 9.11.